The molecule has 0 radical (unpaired) electrons. The van der Waals surface area contributed by atoms with E-state index in [2.05, 4.69) is 4.98 Å². The Bertz CT molecular complexity index is 1480. The van der Waals surface area contributed by atoms with Crippen LogP contribution in [0.2, 0.25) is 0 Å². The first-order chi connectivity index (χ1) is 16.1. The average molecular weight is 474 g/mol. The van der Waals surface area contributed by atoms with Crippen LogP contribution in [0.3, 0.4) is 0 Å². The minimum absolute atomic E-state index is 0.00880. The number of carboxylic acid groups (broad SMARTS) is 1. The molecule has 174 valence electrons. The van der Waals surface area contributed by atoms with Gasteiger partial charge in [0.2, 0.25) is 0 Å². The molecule has 0 fully saturated rings. The van der Waals surface area contributed by atoms with Gasteiger partial charge in [0, 0.05) is 29.8 Å². The van der Waals surface area contributed by atoms with Gasteiger partial charge in [-0.25, -0.2) is 8.42 Å². The summed E-state index contributed by atoms with van der Waals surface area (Å²) in [6.07, 6.45) is 3.30. The van der Waals surface area contributed by atoms with E-state index in [1.807, 2.05) is 72.8 Å². The highest BCUT2D eigenvalue weighted by molar-refractivity contribution is 7.91. The van der Waals surface area contributed by atoms with Crippen molar-refractivity contribution in [2.75, 3.05) is 6.26 Å². The van der Waals surface area contributed by atoms with Gasteiger partial charge >= 0.3 is 5.97 Å². The third-order valence-electron chi connectivity index (χ3n) is 6.44. The average Bonchev–Trinajstić information content (AvgIpc) is 2.81. The predicted molar refractivity (Wildman–Crippen MR) is 136 cm³/mol. The monoisotopic (exact) mass is 473 g/mol. The van der Waals surface area contributed by atoms with Gasteiger partial charge in [-0.3, -0.25) is 9.78 Å². The molecule has 4 aromatic rings. The molecular formula is C28H27NO4S. The Morgan fingerprint density at radius 3 is 2.35 bits per heavy atom. The van der Waals surface area contributed by atoms with Gasteiger partial charge in [-0.1, -0.05) is 54.6 Å². The number of carbonyl (C=O) groups is 1. The van der Waals surface area contributed by atoms with Crippen molar-refractivity contribution >= 4 is 26.7 Å². The fraction of sp³-hybridized carbons (Fsp3) is 0.214. The maximum Gasteiger partial charge on any atom is 0.303 e. The number of aromatic nitrogens is 1. The van der Waals surface area contributed by atoms with Crippen molar-refractivity contribution in [2.45, 2.75) is 31.4 Å². The molecule has 0 aliphatic carbocycles. The molecule has 0 saturated heterocycles. The number of rotatable bonds is 7. The summed E-state index contributed by atoms with van der Waals surface area (Å²) in [5.41, 5.74) is 5.91. The lowest BCUT2D eigenvalue weighted by Crippen LogP contribution is -2.28. The Labute approximate surface area is 200 Å². The molecule has 0 aliphatic heterocycles. The van der Waals surface area contributed by atoms with Gasteiger partial charge in [0.15, 0.2) is 9.84 Å². The second-order valence-electron chi connectivity index (χ2n) is 8.98. The largest absolute Gasteiger partial charge is 0.481 e. The molecule has 1 heterocycles. The Morgan fingerprint density at radius 1 is 0.941 bits per heavy atom. The summed E-state index contributed by atoms with van der Waals surface area (Å²) in [6.45, 7) is 3.41. The summed E-state index contributed by atoms with van der Waals surface area (Å²) >= 11 is 0. The van der Waals surface area contributed by atoms with Crippen LogP contribution in [0.15, 0.2) is 79.0 Å². The topological polar surface area (TPSA) is 84.3 Å². The van der Waals surface area contributed by atoms with E-state index < -0.39 is 20.6 Å². The highest BCUT2D eigenvalue weighted by Crippen LogP contribution is 2.41. The van der Waals surface area contributed by atoms with Crippen LogP contribution in [0.5, 0.6) is 0 Å². The SMILES string of the molecule is CC(C)(c1cc(-c2c(CCC(=O)O)cccc2-c2ccccc2)c2ncccc2c1)S(C)(=O)=O. The van der Waals surface area contributed by atoms with Crippen molar-refractivity contribution < 1.29 is 18.3 Å². The Morgan fingerprint density at radius 2 is 1.68 bits per heavy atom. The maximum atomic E-state index is 12.7. The lowest BCUT2D eigenvalue weighted by molar-refractivity contribution is -0.136. The molecule has 0 atom stereocenters. The lowest BCUT2D eigenvalue weighted by Gasteiger charge is -2.25. The molecule has 3 aromatic carbocycles. The van der Waals surface area contributed by atoms with E-state index in [4.69, 9.17) is 0 Å². The minimum Gasteiger partial charge on any atom is -0.481 e. The summed E-state index contributed by atoms with van der Waals surface area (Å²) < 4.78 is 24.3. The molecule has 0 bridgehead atoms. The number of sulfone groups is 1. The zero-order chi connectivity index (χ0) is 24.5. The van der Waals surface area contributed by atoms with E-state index in [1.165, 1.54) is 6.26 Å². The number of fused-ring (bicyclic) bond motifs is 1. The third-order valence-corrected chi connectivity index (χ3v) is 8.53. The Kier molecular flexibility index (Phi) is 6.28. The van der Waals surface area contributed by atoms with E-state index in [0.29, 0.717) is 12.0 Å². The van der Waals surface area contributed by atoms with E-state index in [1.54, 1.807) is 20.0 Å². The molecule has 0 aliphatic rings. The van der Waals surface area contributed by atoms with Crippen molar-refractivity contribution in [1.29, 1.82) is 0 Å². The van der Waals surface area contributed by atoms with Crippen LogP contribution in [-0.4, -0.2) is 30.7 Å². The second kappa shape index (κ2) is 9.03. The smallest absolute Gasteiger partial charge is 0.303 e. The van der Waals surface area contributed by atoms with Crippen LogP contribution in [0.25, 0.3) is 33.2 Å². The van der Waals surface area contributed by atoms with Crippen molar-refractivity contribution in [2.24, 2.45) is 0 Å². The quantitative estimate of drug-likeness (QED) is 0.363. The molecule has 6 heteroatoms. The van der Waals surface area contributed by atoms with Crippen LogP contribution in [0.1, 0.15) is 31.4 Å². The third kappa shape index (κ3) is 4.46. The maximum absolute atomic E-state index is 12.7. The van der Waals surface area contributed by atoms with E-state index >= 15 is 0 Å². The number of hydrogen-bond donors (Lipinski definition) is 1. The fourth-order valence-electron chi connectivity index (χ4n) is 4.17. The van der Waals surface area contributed by atoms with Crippen LogP contribution in [-0.2, 0) is 25.8 Å². The zero-order valence-electron chi connectivity index (χ0n) is 19.4. The standard InChI is InChI=1S/C28H27NO4S/c1-28(2,34(3,32)33)22-17-21-12-8-16-29-27(21)24(18-22)26-20(14-15-25(30)31)11-7-13-23(26)19-9-5-4-6-10-19/h4-13,16-18H,14-15H2,1-3H3,(H,30,31). The van der Waals surface area contributed by atoms with E-state index in [-0.39, 0.29) is 6.42 Å². The highest BCUT2D eigenvalue weighted by atomic mass is 32.2. The first kappa shape index (κ1) is 23.6. The van der Waals surface area contributed by atoms with Crippen LogP contribution >= 0.6 is 0 Å². The molecule has 0 unspecified atom stereocenters. The van der Waals surface area contributed by atoms with Crippen molar-refractivity contribution in [3.8, 4) is 22.3 Å². The predicted octanol–water partition coefficient (Wildman–Crippen LogP) is 5.87. The normalized spacial score (nSPS) is 12.1. The lowest BCUT2D eigenvalue weighted by atomic mass is 9.85. The van der Waals surface area contributed by atoms with Crippen LogP contribution in [0.4, 0.5) is 0 Å². The van der Waals surface area contributed by atoms with E-state index in [0.717, 1.165) is 38.7 Å². The van der Waals surface area contributed by atoms with Gasteiger partial charge in [0.25, 0.3) is 0 Å². The van der Waals surface area contributed by atoms with Gasteiger partial charge in [0.05, 0.1) is 10.3 Å². The van der Waals surface area contributed by atoms with Crippen LogP contribution < -0.4 is 0 Å². The molecule has 5 nitrogen and oxygen atoms in total. The Balaban J connectivity index is 2.10. The number of carboxylic acids is 1. The first-order valence-electron chi connectivity index (χ1n) is 11.1. The first-order valence-corrected chi connectivity index (χ1v) is 13.0. The molecule has 1 N–H and O–H groups in total. The second-order valence-corrected chi connectivity index (χ2v) is 11.5. The van der Waals surface area contributed by atoms with Gasteiger partial charge in [0.1, 0.15) is 0 Å². The molecular weight excluding hydrogens is 446 g/mol. The Hall–Kier alpha value is -3.51. The molecule has 1 aromatic heterocycles. The van der Waals surface area contributed by atoms with Crippen LogP contribution in [0, 0.1) is 0 Å². The number of nitrogens with zero attached hydrogens (tertiary/aromatic N) is 1. The molecule has 0 spiro atoms. The van der Waals surface area contributed by atoms with Gasteiger partial charge in [-0.2, -0.15) is 0 Å². The molecule has 0 saturated carbocycles. The van der Waals surface area contributed by atoms with Gasteiger partial charge in [-0.15, -0.1) is 0 Å². The molecule has 0 amide bonds. The summed E-state index contributed by atoms with van der Waals surface area (Å²) in [5, 5.41) is 10.2. The van der Waals surface area contributed by atoms with Gasteiger partial charge < -0.3 is 5.11 Å². The summed E-state index contributed by atoms with van der Waals surface area (Å²) in [6, 6.07) is 23.3. The highest BCUT2D eigenvalue weighted by Gasteiger charge is 2.33. The zero-order valence-corrected chi connectivity index (χ0v) is 20.3. The van der Waals surface area contributed by atoms with Crippen molar-refractivity contribution in [3.05, 3.63) is 90.1 Å². The number of aliphatic carboxylic acids is 1. The van der Waals surface area contributed by atoms with E-state index in [9.17, 15) is 18.3 Å². The number of hydrogen-bond acceptors (Lipinski definition) is 4. The number of benzene rings is 3. The minimum atomic E-state index is -3.42. The molecule has 4 rings (SSSR count). The summed E-state index contributed by atoms with van der Waals surface area (Å²) in [7, 11) is -3.42. The number of pyridine rings is 1. The summed E-state index contributed by atoms with van der Waals surface area (Å²) in [5.74, 6) is -0.869. The fourth-order valence-corrected chi connectivity index (χ4v) is 4.72. The molecule has 34 heavy (non-hydrogen) atoms. The summed E-state index contributed by atoms with van der Waals surface area (Å²) in [4.78, 5) is 16.1. The van der Waals surface area contributed by atoms with Gasteiger partial charge in [-0.05, 0) is 66.3 Å². The number of aryl methyl sites for hydroxylation is 1. The van der Waals surface area contributed by atoms with Crippen molar-refractivity contribution in [1.82, 2.24) is 4.98 Å². The van der Waals surface area contributed by atoms with Crippen molar-refractivity contribution in [3.63, 3.8) is 0 Å².